The summed E-state index contributed by atoms with van der Waals surface area (Å²) in [5, 5.41) is 4.43. The molecule has 3 heterocycles. The minimum atomic E-state index is -0.202. The van der Waals surface area contributed by atoms with Crippen molar-refractivity contribution in [3.8, 4) is 0 Å². The van der Waals surface area contributed by atoms with Gasteiger partial charge in [0.2, 0.25) is 0 Å². The summed E-state index contributed by atoms with van der Waals surface area (Å²) in [7, 11) is 2.13. The number of likely N-dealkylation sites (N-methyl/N-ethyl adjacent to an activating group) is 1. The lowest BCUT2D eigenvalue weighted by atomic mass is 10.2. The number of nitrogens with zero attached hydrogens (tertiary/aromatic N) is 3. The number of benzene rings is 1. The Bertz CT molecular complexity index is 929. The van der Waals surface area contributed by atoms with Gasteiger partial charge in [-0.05, 0) is 43.4 Å². The molecule has 0 unspecified atom stereocenters. The number of halogens is 1. The first-order chi connectivity index (χ1) is 12.6. The van der Waals surface area contributed by atoms with Crippen LogP contribution >= 0.6 is 11.6 Å². The number of rotatable bonds is 3. The molecule has 6 nitrogen and oxygen atoms in total. The fourth-order valence-electron chi connectivity index (χ4n) is 3.11. The Morgan fingerprint density at radius 1 is 1.15 bits per heavy atom. The van der Waals surface area contributed by atoms with Crippen molar-refractivity contribution in [3.63, 3.8) is 0 Å². The maximum Gasteiger partial charge on any atom is 0.272 e. The molecule has 0 radical (unpaired) electrons. The van der Waals surface area contributed by atoms with E-state index in [-0.39, 0.29) is 5.91 Å². The SMILES string of the molecule is CN1CCN(c2ccc(NC(=O)c3cc4cc(Cl)ccc4[nH]3)cn2)CC1. The van der Waals surface area contributed by atoms with Crippen LogP contribution in [-0.2, 0) is 0 Å². The number of amides is 1. The van der Waals surface area contributed by atoms with E-state index in [0.717, 1.165) is 42.9 Å². The van der Waals surface area contributed by atoms with Gasteiger partial charge in [-0.25, -0.2) is 4.98 Å². The largest absolute Gasteiger partial charge is 0.354 e. The van der Waals surface area contributed by atoms with Crippen LogP contribution in [-0.4, -0.2) is 54.0 Å². The van der Waals surface area contributed by atoms with Gasteiger partial charge < -0.3 is 20.1 Å². The second kappa shape index (κ2) is 6.97. The molecule has 1 aliphatic rings. The average molecular weight is 370 g/mol. The minimum absolute atomic E-state index is 0.202. The van der Waals surface area contributed by atoms with Crippen molar-refractivity contribution in [3.05, 3.63) is 53.3 Å². The van der Waals surface area contributed by atoms with E-state index in [1.807, 2.05) is 24.3 Å². The molecule has 1 aromatic carbocycles. The first-order valence-electron chi connectivity index (χ1n) is 8.58. The molecular weight excluding hydrogens is 350 g/mol. The van der Waals surface area contributed by atoms with Crippen LogP contribution in [0.5, 0.6) is 0 Å². The summed E-state index contributed by atoms with van der Waals surface area (Å²) in [5.41, 5.74) is 2.04. The molecule has 1 aliphatic heterocycles. The van der Waals surface area contributed by atoms with E-state index in [4.69, 9.17) is 11.6 Å². The van der Waals surface area contributed by atoms with Gasteiger partial charge in [-0.3, -0.25) is 4.79 Å². The van der Waals surface area contributed by atoms with Gasteiger partial charge in [0.1, 0.15) is 11.5 Å². The monoisotopic (exact) mass is 369 g/mol. The quantitative estimate of drug-likeness (QED) is 0.744. The molecule has 0 aliphatic carbocycles. The number of carbonyl (C=O) groups is 1. The van der Waals surface area contributed by atoms with Gasteiger partial charge in [-0.15, -0.1) is 0 Å². The molecule has 1 amide bonds. The molecule has 2 N–H and O–H groups in total. The van der Waals surface area contributed by atoms with Gasteiger partial charge in [-0.1, -0.05) is 11.6 Å². The van der Waals surface area contributed by atoms with Crippen LogP contribution in [0.1, 0.15) is 10.5 Å². The summed E-state index contributed by atoms with van der Waals surface area (Å²) in [6, 6.07) is 11.1. The fraction of sp³-hybridized carbons (Fsp3) is 0.263. The summed E-state index contributed by atoms with van der Waals surface area (Å²) in [6.07, 6.45) is 1.70. The van der Waals surface area contributed by atoms with Crippen LogP contribution in [0.15, 0.2) is 42.6 Å². The lowest BCUT2D eigenvalue weighted by molar-refractivity contribution is 0.102. The average Bonchev–Trinajstić information content (AvgIpc) is 3.06. The first kappa shape index (κ1) is 16.9. The molecule has 4 rings (SSSR count). The van der Waals surface area contributed by atoms with Crippen molar-refractivity contribution < 1.29 is 4.79 Å². The molecule has 0 spiro atoms. The molecule has 1 saturated heterocycles. The third kappa shape index (κ3) is 3.52. The highest BCUT2D eigenvalue weighted by Gasteiger charge is 2.15. The highest BCUT2D eigenvalue weighted by atomic mass is 35.5. The smallest absolute Gasteiger partial charge is 0.272 e. The molecule has 134 valence electrons. The number of nitrogens with one attached hydrogen (secondary N) is 2. The number of anilines is 2. The number of fused-ring (bicyclic) bond motifs is 1. The number of aromatic nitrogens is 2. The van der Waals surface area contributed by atoms with Crippen molar-refractivity contribution in [1.29, 1.82) is 0 Å². The van der Waals surface area contributed by atoms with Crippen molar-refractivity contribution in [1.82, 2.24) is 14.9 Å². The van der Waals surface area contributed by atoms with E-state index >= 15 is 0 Å². The summed E-state index contributed by atoms with van der Waals surface area (Å²) in [4.78, 5) is 24.6. The molecule has 0 bridgehead atoms. The second-order valence-electron chi connectivity index (χ2n) is 6.56. The van der Waals surface area contributed by atoms with Crippen molar-refractivity contribution in [2.45, 2.75) is 0 Å². The molecule has 26 heavy (non-hydrogen) atoms. The first-order valence-corrected chi connectivity index (χ1v) is 8.95. The van der Waals surface area contributed by atoms with Gasteiger partial charge in [0.25, 0.3) is 5.91 Å². The Hall–Kier alpha value is -2.57. The number of pyridine rings is 1. The Morgan fingerprint density at radius 2 is 1.96 bits per heavy atom. The molecule has 0 saturated carbocycles. The van der Waals surface area contributed by atoms with Crippen LogP contribution in [0.4, 0.5) is 11.5 Å². The summed E-state index contributed by atoms with van der Waals surface area (Å²) in [6.45, 7) is 3.99. The number of H-pyrrole nitrogens is 1. The second-order valence-corrected chi connectivity index (χ2v) is 7.00. The number of piperazine rings is 1. The van der Waals surface area contributed by atoms with Crippen LogP contribution < -0.4 is 10.2 Å². The highest BCUT2D eigenvalue weighted by molar-refractivity contribution is 6.31. The van der Waals surface area contributed by atoms with Crippen LogP contribution in [0.2, 0.25) is 5.02 Å². The minimum Gasteiger partial charge on any atom is -0.354 e. The van der Waals surface area contributed by atoms with E-state index in [1.165, 1.54) is 0 Å². The van der Waals surface area contributed by atoms with Gasteiger partial charge in [-0.2, -0.15) is 0 Å². The van der Waals surface area contributed by atoms with Crippen LogP contribution in [0, 0.1) is 0 Å². The van der Waals surface area contributed by atoms with Crippen molar-refractivity contribution in [2.75, 3.05) is 43.4 Å². The molecule has 7 heteroatoms. The van der Waals surface area contributed by atoms with E-state index < -0.39 is 0 Å². The zero-order chi connectivity index (χ0) is 18.1. The van der Waals surface area contributed by atoms with Crippen molar-refractivity contribution >= 4 is 39.9 Å². The highest BCUT2D eigenvalue weighted by Crippen LogP contribution is 2.21. The zero-order valence-corrected chi connectivity index (χ0v) is 15.3. The molecule has 1 fully saturated rings. The fourth-order valence-corrected chi connectivity index (χ4v) is 3.29. The Balaban J connectivity index is 1.45. The third-order valence-electron chi connectivity index (χ3n) is 4.66. The zero-order valence-electron chi connectivity index (χ0n) is 14.5. The molecule has 2 aromatic heterocycles. The van der Waals surface area contributed by atoms with Gasteiger partial charge in [0.15, 0.2) is 0 Å². The number of carbonyl (C=O) groups excluding carboxylic acids is 1. The lowest BCUT2D eigenvalue weighted by Crippen LogP contribution is -2.44. The Labute approximate surface area is 156 Å². The Kier molecular flexibility index (Phi) is 4.53. The van der Waals surface area contributed by atoms with Gasteiger partial charge in [0.05, 0.1) is 11.9 Å². The van der Waals surface area contributed by atoms with E-state index in [9.17, 15) is 4.79 Å². The topological polar surface area (TPSA) is 64.3 Å². The molecule has 3 aromatic rings. The normalized spacial score (nSPS) is 15.4. The maximum absolute atomic E-state index is 12.5. The van der Waals surface area contributed by atoms with Crippen LogP contribution in [0.3, 0.4) is 0 Å². The summed E-state index contributed by atoms with van der Waals surface area (Å²) >= 11 is 5.99. The van der Waals surface area contributed by atoms with E-state index in [1.54, 1.807) is 18.3 Å². The van der Waals surface area contributed by atoms with Gasteiger partial charge >= 0.3 is 0 Å². The maximum atomic E-state index is 12.5. The van der Waals surface area contributed by atoms with Crippen LogP contribution in [0.25, 0.3) is 10.9 Å². The number of hydrogen-bond acceptors (Lipinski definition) is 4. The van der Waals surface area contributed by atoms with E-state index in [2.05, 4.69) is 32.1 Å². The lowest BCUT2D eigenvalue weighted by Gasteiger charge is -2.33. The van der Waals surface area contributed by atoms with E-state index in [0.29, 0.717) is 16.4 Å². The van der Waals surface area contributed by atoms with Gasteiger partial charge in [0, 0.05) is 42.1 Å². The molecular formula is C19H20ClN5O. The number of aromatic amines is 1. The standard InChI is InChI=1S/C19H20ClN5O/c1-24-6-8-25(9-7-24)18-5-3-15(12-21-18)22-19(26)17-11-13-10-14(20)2-4-16(13)23-17/h2-5,10-12,23H,6-9H2,1H3,(H,22,26). The summed E-state index contributed by atoms with van der Waals surface area (Å²) < 4.78 is 0. The summed E-state index contributed by atoms with van der Waals surface area (Å²) in [5.74, 6) is 0.739. The molecule has 0 atom stereocenters. The predicted octanol–water partition coefficient (Wildman–Crippen LogP) is 3.22. The Morgan fingerprint density at radius 3 is 2.69 bits per heavy atom. The number of hydrogen-bond donors (Lipinski definition) is 2. The third-order valence-corrected chi connectivity index (χ3v) is 4.90. The van der Waals surface area contributed by atoms with Crippen molar-refractivity contribution in [2.24, 2.45) is 0 Å². The predicted molar refractivity (Wildman–Crippen MR) is 105 cm³/mol.